The molecular weight excluding hydrogens is 549 g/mol. The molecule has 0 saturated carbocycles. The maximum absolute atomic E-state index is 14.3. The monoisotopic (exact) mass is 577 g/mol. The standard InChI is InChI=1S/C32H28FN7O3/c1-20(41)15-22-6-9-26(17-27(22)33)37-32(42)36-25-7-4-21(5-8-25)30-38-28-16-24(23-3-2-10-34-18-23)19-35-29(28)31(39-30)40-11-13-43-14-12-40/h2-10,16-19H,11-15H2,1H3,(H2,36,37,42). The molecule has 2 aromatic carbocycles. The Morgan fingerprint density at radius 3 is 2.40 bits per heavy atom. The van der Waals surface area contributed by atoms with E-state index in [1.807, 2.05) is 36.5 Å². The van der Waals surface area contributed by atoms with Crippen LogP contribution in [0.15, 0.2) is 79.3 Å². The number of urea groups is 1. The second-order valence-electron chi connectivity index (χ2n) is 10.1. The molecule has 0 atom stereocenters. The molecule has 2 amide bonds. The smallest absolute Gasteiger partial charge is 0.323 e. The molecule has 0 spiro atoms. The lowest BCUT2D eigenvalue weighted by molar-refractivity contribution is -0.116. The molecule has 5 aromatic rings. The van der Waals surface area contributed by atoms with Crippen molar-refractivity contribution in [2.24, 2.45) is 0 Å². The van der Waals surface area contributed by atoms with Crippen LogP contribution in [0.2, 0.25) is 0 Å². The van der Waals surface area contributed by atoms with Crippen molar-refractivity contribution < 1.29 is 18.7 Å². The molecule has 1 aliphatic rings. The molecule has 1 saturated heterocycles. The number of ketones is 1. The number of benzene rings is 2. The molecular formula is C32H28FN7O3. The maximum atomic E-state index is 14.3. The van der Waals surface area contributed by atoms with Gasteiger partial charge in [0.2, 0.25) is 0 Å². The number of carbonyl (C=O) groups excluding carboxylic acids is 2. The number of pyridine rings is 2. The molecule has 11 heteroatoms. The van der Waals surface area contributed by atoms with Crippen LogP contribution < -0.4 is 15.5 Å². The van der Waals surface area contributed by atoms with E-state index in [4.69, 9.17) is 19.7 Å². The summed E-state index contributed by atoms with van der Waals surface area (Å²) < 4.78 is 19.8. The highest BCUT2D eigenvalue weighted by Crippen LogP contribution is 2.30. The van der Waals surface area contributed by atoms with Crippen LogP contribution in [0.5, 0.6) is 0 Å². The summed E-state index contributed by atoms with van der Waals surface area (Å²) in [6.07, 6.45) is 5.33. The number of anilines is 3. The van der Waals surface area contributed by atoms with E-state index in [9.17, 15) is 14.0 Å². The van der Waals surface area contributed by atoms with E-state index in [1.54, 1.807) is 30.6 Å². The number of carbonyl (C=O) groups is 2. The van der Waals surface area contributed by atoms with Gasteiger partial charge in [-0.2, -0.15) is 0 Å². The number of ether oxygens (including phenoxy) is 1. The Kier molecular flexibility index (Phi) is 7.96. The van der Waals surface area contributed by atoms with Crippen LogP contribution >= 0.6 is 0 Å². The van der Waals surface area contributed by atoms with Gasteiger partial charge >= 0.3 is 6.03 Å². The van der Waals surface area contributed by atoms with Crippen LogP contribution in [-0.4, -0.2) is 58.1 Å². The Morgan fingerprint density at radius 2 is 1.67 bits per heavy atom. The Morgan fingerprint density at radius 1 is 0.907 bits per heavy atom. The molecule has 6 rings (SSSR count). The van der Waals surface area contributed by atoms with Crippen molar-refractivity contribution in [1.82, 2.24) is 19.9 Å². The van der Waals surface area contributed by atoms with Gasteiger partial charge < -0.3 is 20.3 Å². The zero-order valence-electron chi connectivity index (χ0n) is 23.4. The van der Waals surface area contributed by atoms with Gasteiger partial charge in [-0.25, -0.2) is 19.2 Å². The van der Waals surface area contributed by atoms with Crippen LogP contribution in [0.4, 0.5) is 26.4 Å². The highest BCUT2D eigenvalue weighted by atomic mass is 19.1. The Hall–Kier alpha value is -5.29. The number of halogens is 1. The van der Waals surface area contributed by atoms with Crippen molar-refractivity contribution in [3.05, 3.63) is 90.6 Å². The summed E-state index contributed by atoms with van der Waals surface area (Å²) in [6.45, 7) is 3.99. The fourth-order valence-electron chi connectivity index (χ4n) is 4.85. The minimum Gasteiger partial charge on any atom is -0.378 e. The summed E-state index contributed by atoms with van der Waals surface area (Å²) >= 11 is 0. The molecule has 43 heavy (non-hydrogen) atoms. The van der Waals surface area contributed by atoms with Gasteiger partial charge in [0.05, 0.1) is 18.7 Å². The van der Waals surface area contributed by atoms with Crippen molar-refractivity contribution in [1.29, 1.82) is 0 Å². The average Bonchev–Trinajstić information content (AvgIpc) is 3.02. The zero-order valence-corrected chi connectivity index (χ0v) is 23.4. The normalized spacial score (nSPS) is 13.1. The van der Waals surface area contributed by atoms with Gasteiger partial charge in [0, 0.05) is 66.2 Å². The van der Waals surface area contributed by atoms with Gasteiger partial charge in [-0.15, -0.1) is 0 Å². The minimum atomic E-state index is -0.549. The lowest BCUT2D eigenvalue weighted by atomic mass is 10.1. The molecule has 0 aliphatic carbocycles. The van der Waals surface area contributed by atoms with Gasteiger partial charge in [-0.05, 0) is 61.0 Å². The Bertz CT molecular complexity index is 1790. The number of nitrogens with one attached hydrogen (secondary N) is 2. The van der Waals surface area contributed by atoms with E-state index in [-0.39, 0.29) is 23.5 Å². The SMILES string of the molecule is CC(=O)Cc1ccc(NC(=O)Nc2ccc(-c3nc(N4CCOCC4)c4ncc(-c5cccnc5)cc4n3)cc2)cc1F. The van der Waals surface area contributed by atoms with Crippen LogP contribution in [0.1, 0.15) is 12.5 Å². The van der Waals surface area contributed by atoms with Crippen LogP contribution in [0, 0.1) is 5.82 Å². The molecule has 3 aromatic heterocycles. The van der Waals surface area contributed by atoms with Gasteiger partial charge in [-0.1, -0.05) is 12.1 Å². The summed E-state index contributed by atoms with van der Waals surface area (Å²) in [4.78, 5) is 44.8. The number of aromatic nitrogens is 4. The number of Topliss-reactive ketones (excluding diaryl/α,β-unsaturated/α-hetero) is 1. The Labute approximate surface area is 247 Å². The van der Waals surface area contributed by atoms with E-state index in [1.165, 1.54) is 19.1 Å². The van der Waals surface area contributed by atoms with Crippen molar-refractivity contribution in [2.45, 2.75) is 13.3 Å². The van der Waals surface area contributed by atoms with Crippen LogP contribution in [0.25, 0.3) is 33.5 Å². The molecule has 2 N–H and O–H groups in total. The third kappa shape index (κ3) is 6.47. The third-order valence-corrected chi connectivity index (χ3v) is 6.97. The van der Waals surface area contributed by atoms with E-state index < -0.39 is 11.8 Å². The molecule has 0 unspecified atom stereocenters. The fraction of sp³-hybridized carbons (Fsp3) is 0.188. The third-order valence-electron chi connectivity index (χ3n) is 6.97. The highest BCUT2D eigenvalue weighted by molar-refractivity contribution is 6.00. The molecule has 1 fully saturated rings. The number of hydrogen-bond acceptors (Lipinski definition) is 8. The largest absolute Gasteiger partial charge is 0.378 e. The minimum absolute atomic E-state index is 0.00169. The van der Waals surface area contributed by atoms with Gasteiger partial charge in [0.25, 0.3) is 0 Å². The molecule has 216 valence electrons. The van der Waals surface area contributed by atoms with E-state index >= 15 is 0 Å². The molecule has 10 nitrogen and oxygen atoms in total. The predicted octanol–water partition coefficient (Wildman–Crippen LogP) is 5.51. The number of hydrogen-bond donors (Lipinski definition) is 2. The van der Waals surface area contributed by atoms with Gasteiger partial charge in [-0.3, -0.25) is 14.8 Å². The number of morpholine rings is 1. The topological polar surface area (TPSA) is 122 Å². The molecule has 1 aliphatic heterocycles. The van der Waals surface area contributed by atoms with E-state index in [2.05, 4.69) is 20.5 Å². The first kappa shape index (κ1) is 27.9. The lowest BCUT2D eigenvalue weighted by Gasteiger charge is -2.28. The first-order valence-electron chi connectivity index (χ1n) is 13.8. The summed E-state index contributed by atoms with van der Waals surface area (Å²) in [7, 11) is 0. The summed E-state index contributed by atoms with van der Waals surface area (Å²) in [5, 5.41) is 5.36. The summed E-state index contributed by atoms with van der Waals surface area (Å²) in [5.41, 5.74) is 5.10. The first-order chi connectivity index (χ1) is 20.9. The summed E-state index contributed by atoms with van der Waals surface area (Å²) in [5.74, 6) is 0.575. The predicted molar refractivity (Wildman–Crippen MR) is 162 cm³/mol. The number of amides is 2. The maximum Gasteiger partial charge on any atom is 0.323 e. The fourth-order valence-corrected chi connectivity index (χ4v) is 4.85. The number of fused-ring (bicyclic) bond motifs is 1. The second-order valence-corrected chi connectivity index (χ2v) is 10.1. The molecule has 0 radical (unpaired) electrons. The van der Waals surface area contributed by atoms with E-state index in [0.29, 0.717) is 48.8 Å². The summed E-state index contributed by atoms with van der Waals surface area (Å²) in [6, 6.07) is 16.7. The highest BCUT2D eigenvalue weighted by Gasteiger charge is 2.20. The number of nitrogens with zero attached hydrogens (tertiary/aromatic N) is 5. The van der Waals surface area contributed by atoms with Crippen molar-refractivity contribution in [2.75, 3.05) is 41.8 Å². The average molecular weight is 578 g/mol. The van der Waals surface area contributed by atoms with Crippen LogP contribution in [0.3, 0.4) is 0 Å². The van der Waals surface area contributed by atoms with Crippen LogP contribution in [-0.2, 0) is 16.0 Å². The van der Waals surface area contributed by atoms with Crippen molar-refractivity contribution in [3.8, 4) is 22.5 Å². The molecule has 0 bridgehead atoms. The Balaban J connectivity index is 1.24. The first-order valence-corrected chi connectivity index (χ1v) is 13.8. The van der Waals surface area contributed by atoms with E-state index in [0.717, 1.165) is 22.5 Å². The second kappa shape index (κ2) is 12.3. The van der Waals surface area contributed by atoms with Crippen molar-refractivity contribution in [3.63, 3.8) is 0 Å². The molecule has 4 heterocycles. The zero-order chi connectivity index (χ0) is 29.8. The van der Waals surface area contributed by atoms with Gasteiger partial charge in [0.15, 0.2) is 11.6 Å². The van der Waals surface area contributed by atoms with Gasteiger partial charge in [0.1, 0.15) is 17.1 Å². The number of rotatable bonds is 7. The lowest BCUT2D eigenvalue weighted by Crippen LogP contribution is -2.37. The quantitative estimate of drug-likeness (QED) is 0.260. The van der Waals surface area contributed by atoms with Crippen molar-refractivity contribution >= 4 is 40.0 Å².